The van der Waals surface area contributed by atoms with E-state index in [1.807, 2.05) is 37.7 Å². The molecule has 152 valence electrons. The molecule has 4 rings (SSSR count). The lowest BCUT2D eigenvalue weighted by molar-refractivity contribution is 0.180. The molecular weight excluding hydrogens is 370 g/mol. The average molecular weight is 395 g/mol. The molecule has 1 fully saturated rings. The Labute approximate surface area is 169 Å². The van der Waals surface area contributed by atoms with Crippen LogP contribution in [0.1, 0.15) is 38.9 Å². The number of ether oxygens (including phenoxy) is 2. The van der Waals surface area contributed by atoms with Crippen molar-refractivity contribution >= 4 is 22.7 Å². The molecule has 0 bridgehead atoms. The minimum Gasteiger partial charge on any atom is -0.472 e. The fourth-order valence-electron chi connectivity index (χ4n) is 3.74. The monoisotopic (exact) mass is 395 g/mol. The number of nitriles is 1. The van der Waals surface area contributed by atoms with Crippen LogP contribution in [-0.2, 0) is 11.8 Å². The number of hydrogen-bond acceptors (Lipinski definition) is 7. The molecule has 2 atom stereocenters. The summed E-state index contributed by atoms with van der Waals surface area (Å²) in [4.78, 5) is 9.14. The molecule has 0 aliphatic carbocycles. The van der Waals surface area contributed by atoms with Gasteiger partial charge in [-0.15, -0.1) is 5.10 Å². The molecule has 0 saturated carbocycles. The van der Waals surface area contributed by atoms with E-state index in [9.17, 15) is 5.26 Å². The van der Waals surface area contributed by atoms with E-state index >= 15 is 0 Å². The van der Waals surface area contributed by atoms with Gasteiger partial charge in [-0.1, -0.05) is 6.92 Å². The molecule has 0 unspecified atom stereocenters. The predicted molar refractivity (Wildman–Crippen MR) is 108 cm³/mol. The predicted octanol–water partition coefficient (Wildman–Crippen LogP) is 3.16. The second-order valence-corrected chi connectivity index (χ2v) is 7.57. The van der Waals surface area contributed by atoms with Gasteiger partial charge < -0.3 is 19.4 Å². The van der Waals surface area contributed by atoms with Crippen molar-refractivity contribution in [2.75, 3.05) is 18.5 Å². The second-order valence-electron chi connectivity index (χ2n) is 7.57. The smallest absolute Gasteiger partial charge is 0.257 e. The number of rotatable bonds is 6. The van der Waals surface area contributed by atoms with Crippen LogP contribution in [0.25, 0.3) is 11.0 Å². The number of fused-ring (bicyclic) bond motifs is 1. The summed E-state index contributed by atoms with van der Waals surface area (Å²) in [6.45, 7) is 7.33. The summed E-state index contributed by atoms with van der Waals surface area (Å²) < 4.78 is 15.1. The Morgan fingerprint density at radius 3 is 2.97 bits per heavy atom. The first-order valence-electron chi connectivity index (χ1n) is 9.83. The zero-order valence-corrected chi connectivity index (χ0v) is 17.1. The summed E-state index contributed by atoms with van der Waals surface area (Å²) >= 11 is 0. The highest BCUT2D eigenvalue weighted by Crippen LogP contribution is 2.34. The SMILES string of the molecule is CC[C@@H]1COC[C@H]1n1c(C#N)cc2cnc(Nc3cn(C)nc3OC(C)C)nc21. The topological polar surface area (TPSA) is 103 Å². The minimum absolute atomic E-state index is 0.00221. The van der Waals surface area contributed by atoms with Crippen molar-refractivity contribution in [3.05, 3.63) is 24.2 Å². The summed E-state index contributed by atoms with van der Waals surface area (Å²) in [5.41, 5.74) is 1.99. The summed E-state index contributed by atoms with van der Waals surface area (Å²) in [6, 6.07) is 4.22. The average Bonchev–Trinajstić information content (AvgIpc) is 3.37. The lowest BCUT2D eigenvalue weighted by Crippen LogP contribution is -2.19. The van der Waals surface area contributed by atoms with Crippen LogP contribution in [0.15, 0.2) is 18.5 Å². The highest BCUT2D eigenvalue weighted by Gasteiger charge is 2.31. The van der Waals surface area contributed by atoms with Crippen LogP contribution < -0.4 is 10.1 Å². The van der Waals surface area contributed by atoms with Crippen molar-refractivity contribution in [1.82, 2.24) is 24.3 Å². The van der Waals surface area contributed by atoms with Gasteiger partial charge in [-0.3, -0.25) is 4.68 Å². The number of anilines is 2. The lowest BCUT2D eigenvalue weighted by atomic mass is 10.0. The van der Waals surface area contributed by atoms with E-state index in [0.717, 1.165) is 17.5 Å². The Morgan fingerprint density at radius 2 is 2.24 bits per heavy atom. The standard InChI is InChI=1S/C20H25N7O2/c1-5-13-10-28-11-17(13)27-15(7-21)6-14-8-22-20(24-18(14)27)23-16-9-26(4)25-19(16)29-12(2)3/h6,8-9,12-13,17H,5,10-11H2,1-4H3,(H,22,23,24)/t13-,17-/m1/s1. The molecule has 9 nitrogen and oxygen atoms in total. The van der Waals surface area contributed by atoms with Crippen molar-refractivity contribution < 1.29 is 9.47 Å². The summed E-state index contributed by atoms with van der Waals surface area (Å²) in [6.07, 6.45) is 4.54. The van der Waals surface area contributed by atoms with Gasteiger partial charge in [0.05, 0.1) is 31.6 Å². The quantitative estimate of drug-likeness (QED) is 0.684. The number of nitrogens with zero attached hydrogens (tertiary/aromatic N) is 6. The highest BCUT2D eigenvalue weighted by molar-refractivity contribution is 5.79. The van der Waals surface area contributed by atoms with E-state index in [2.05, 4.69) is 28.4 Å². The Bertz CT molecular complexity index is 1060. The van der Waals surface area contributed by atoms with Crippen LogP contribution in [0, 0.1) is 17.2 Å². The first kappa shape index (κ1) is 19.2. The Hall–Kier alpha value is -3.12. The molecule has 0 amide bonds. The molecule has 29 heavy (non-hydrogen) atoms. The van der Waals surface area contributed by atoms with Gasteiger partial charge >= 0.3 is 0 Å². The Morgan fingerprint density at radius 1 is 1.41 bits per heavy atom. The van der Waals surface area contributed by atoms with Gasteiger partial charge in [0.1, 0.15) is 23.1 Å². The Balaban J connectivity index is 1.73. The van der Waals surface area contributed by atoms with Crippen molar-refractivity contribution in [3.8, 4) is 11.9 Å². The second kappa shape index (κ2) is 7.72. The van der Waals surface area contributed by atoms with E-state index in [-0.39, 0.29) is 12.1 Å². The largest absolute Gasteiger partial charge is 0.472 e. The molecule has 0 radical (unpaired) electrons. The first-order valence-corrected chi connectivity index (χ1v) is 9.83. The maximum Gasteiger partial charge on any atom is 0.257 e. The molecule has 0 aromatic carbocycles. The molecule has 1 saturated heterocycles. The van der Waals surface area contributed by atoms with Crippen LogP contribution in [0.4, 0.5) is 11.6 Å². The zero-order valence-electron chi connectivity index (χ0n) is 17.1. The third-order valence-corrected chi connectivity index (χ3v) is 5.10. The molecule has 3 aromatic rings. The number of aryl methyl sites for hydroxylation is 1. The molecular formula is C20H25N7O2. The minimum atomic E-state index is -0.00221. The first-order chi connectivity index (χ1) is 14.0. The summed E-state index contributed by atoms with van der Waals surface area (Å²) in [7, 11) is 1.83. The van der Waals surface area contributed by atoms with Gasteiger partial charge in [-0.25, -0.2) is 4.98 Å². The maximum atomic E-state index is 9.66. The van der Waals surface area contributed by atoms with Gasteiger partial charge in [0.2, 0.25) is 5.95 Å². The molecule has 3 aromatic heterocycles. The van der Waals surface area contributed by atoms with E-state index in [1.54, 1.807) is 10.9 Å². The molecule has 1 aliphatic rings. The van der Waals surface area contributed by atoms with Crippen LogP contribution in [0.2, 0.25) is 0 Å². The molecule has 9 heteroatoms. The van der Waals surface area contributed by atoms with Gasteiger partial charge in [0, 0.05) is 24.5 Å². The van der Waals surface area contributed by atoms with E-state index in [0.29, 0.717) is 42.3 Å². The zero-order chi connectivity index (χ0) is 20.5. The van der Waals surface area contributed by atoms with E-state index in [1.165, 1.54) is 0 Å². The number of nitrogens with one attached hydrogen (secondary N) is 1. The Kier molecular flexibility index (Phi) is 5.11. The fraction of sp³-hybridized carbons (Fsp3) is 0.500. The van der Waals surface area contributed by atoms with Crippen molar-refractivity contribution in [1.29, 1.82) is 5.26 Å². The van der Waals surface area contributed by atoms with Gasteiger partial charge in [0.25, 0.3) is 5.88 Å². The normalized spacial score (nSPS) is 19.0. The summed E-state index contributed by atoms with van der Waals surface area (Å²) in [5, 5.41) is 18.0. The van der Waals surface area contributed by atoms with Gasteiger partial charge in [-0.2, -0.15) is 10.2 Å². The van der Waals surface area contributed by atoms with Crippen LogP contribution >= 0.6 is 0 Å². The van der Waals surface area contributed by atoms with Gasteiger partial charge in [0.15, 0.2) is 0 Å². The van der Waals surface area contributed by atoms with Crippen molar-refractivity contribution in [2.45, 2.75) is 39.3 Å². The fourth-order valence-corrected chi connectivity index (χ4v) is 3.74. The highest BCUT2D eigenvalue weighted by atomic mass is 16.5. The summed E-state index contributed by atoms with van der Waals surface area (Å²) in [5.74, 6) is 1.28. The van der Waals surface area contributed by atoms with Crippen molar-refractivity contribution in [3.63, 3.8) is 0 Å². The number of hydrogen-bond donors (Lipinski definition) is 1. The lowest BCUT2D eigenvalue weighted by Gasteiger charge is -2.19. The van der Waals surface area contributed by atoms with Crippen LogP contribution in [0.5, 0.6) is 5.88 Å². The van der Waals surface area contributed by atoms with E-state index in [4.69, 9.17) is 14.5 Å². The maximum absolute atomic E-state index is 9.66. The van der Waals surface area contributed by atoms with Crippen LogP contribution in [0.3, 0.4) is 0 Å². The third kappa shape index (κ3) is 3.63. The molecule has 4 heterocycles. The van der Waals surface area contributed by atoms with Crippen molar-refractivity contribution in [2.24, 2.45) is 13.0 Å². The van der Waals surface area contributed by atoms with E-state index < -0.39 is 0 Å². The van der Waals surface area contributed by atoms with Crippen LogP contribution in [-0.4, -0.2) is 43.6 Å². The molecule has 1 aliphatic heterocycles. The van der Waals surface area contributed by atoms with Gasteiger partial charge in [-0.05, 0) is 26.3 Å². The molecule has 1 N–H and O–H groups in total. The third-order valence-electron chi connectivity index (χ3n) is 5.10. The number of aromatic nitrogens is 5. The molecule has 0 spiro atoms.